The predicted molar refractivity (Wildman–Crippen MR) is 136 cm³/mol. The number of rotatable bonds is 9. The molecule has 0 bridgehead atoms. The van der Waals surface area contributed by atoms with Crippen LogP contribution in [-0.2, 0) is 17.8 Å². The van der Waals surface area contributed by atoms with Crippen LogP contribution < -0.4 is 5.76 Å². The van der Waals surface area contributed by atoms with Crippen molar-refractivity contribution < 1.29 is 13.7 Å². The van der Waals surface area contributed by atoms with Crippen LogP contribution in [0.15, 0.2) is 62.3 Å². The van der Waals surface area contributed by atoms with Crippen LogP contribution in [0, 0.1) is 6.92 Å². The number of piperazine rings is 1. The van der Waals surface area contributed by atoms with Crippen molar-refractivity contribution in [2.24, 2.45) is 0 Å². The summed E-state index contributed by atoms with van der Waals surface area (Å²) in [5.41, 5.74) is 3.51. The van der Waals surface area contributed by atoms with E-state index in [9.17, 15) is 9.59 Å². The number of para-hydroxylation sites is 2. The van der Waals surface area contributed by atoms with Gasteiger partial charge in [-0.2, -0.15) is 4.98 Å². The number of nitrogens with zero attached hydrogens (tertiary/aromatic N) is 5. The maximum atomic E-state index is 12.7. The molecule has 1 aliphatic heterocycles. The van der Waals surface area contributed by atoms with Crippen LogP contribution in [0.5, 0.6) is 0 Å². The number of hydrogen-bond donors (Lipinski definition) is 0. The normalized spacial score (nSPS) is 14.5. The van der Waals surface area contributed by atoms with Gasteiger partial charge in [0, 0.05) is 51.1 Å². The Morgan fingerprint density at radius 2 is 1.75 bits per heavy atom. The fourth-order valence-electron chi connectivity index (χ4n) is 4.62. The first-order valence-electron chi connectivity index (χ1n) is 12.5. The summed E-state index contributed by atoms with van der Waals surface area (Å²) in [4.78, 5) is 33.6. The summed E-state index contributed by atoms with van der Waals surface area (Å²) in [6.45, 7) is 6.63. The van der Waals surface area contributed by atoms with E-state index in [-0.39, 0.29) is 11.7 Å². The minimum atomic E-state index is -0.371. The highest BCUT2D eigenvalue weighted by molar-refractivity contribution is 5.76. The average molecular weight is 490 g/mol. The number of oxazole rings is 1. The fraction of sp³-hybridized carbons (Fsp3) is 0.407. The molecule has 1 aliphatic rings. The van der Waals surface area contributed by atoms with E-state index in [1.54, 1.807) is 10.6 Å². The second kappa shape index (κ2) is 10.9. The van der Waals surface area contributed by atoms with Crippen molar-refractivity contribution in [1.29, 1.82) is 0 Å². The van der Waals surface area contributed by atoms with Crippen LogP contribution in [-0.4, -0.2) is 63.1 Å². The van der Waals surface area contributed by atoms with E-state index in [0.29, 0.717) is 36.7 Å². The number of amides is 1. The molecule has 1 fully saturated rings. The monoisotopic (exact) mass is 489 g/mol. The quantitative estimate of drug-likeness (QED) is 0.355. The molecular formula is C27H31N5O4. The van der Waals surface area contributed by atoms with E-state index in [1.807, 2.05) is 47.4 Å². The lowest BCUT2D eigenvalue weighted by Crippen LogP contribution is -2.48. The summed E-state index contributed by atoms with van der Waals surface area (Å²) in [6, 6.07) is 15.4. The van der Waals surface area contributed by atoms with Crippen LogP contribution >= 0.6 is 0 Å². The van der Waals surface area contributed by atoms with Gasteiger partial charge in [-0.1, -0.05) is 47.1 Å². The van der Waals surface area contributed by atoms with Gasteiger partial charge in [0.1, 0.15) is 0 Å². The Morgan fingerprint density at radius 1 is 0.972 bits per heavy atom. The van der Waals surface area contributed by atoms with Crippen LogP contribution in [0.3, 0.4) is 0 Å². The first kappa shape index (κ1) is 24.0. The summed E-state index contributed by atoms with van der Waals surface area (Å²) < 4.78 is 12.3. The first-order chi connectivity index (χ1) is 17.6. The Balaban J connectivity index is 1.01. The Kier molecular flexibility index (Phi) is 7.27. The smallest absolute Gasteiger partial charge is 0.408 e. The standard InChI is InChI=1S/C27H31N5O4/c1-20-10-12-21(13-11-20)26-28-24(36-29-26)8-4-14-30-16-18-31(19-17-30)25(33)9-5-15-32-22-6-2-3-7-23(22)35-27(32)34/h2-3,6-7,10-13H,4-5,8-9,14-19H2,1H3. The van der Waals surface area contributed by atoms with Gasteiger partial charge < -0.3 is 13.8 Å². The summed E-state index contributed by atoms with van der Waals surface area (Å²) in [7, 11) is 0. The largest absolute Gasteiger partial charge is 0.419 e. The predicted octanol–water partition coefficient (Wildman–Crippen LogP) is 3.51. The molecule has 188 valence electrons. The van der Waals surface area contributed by atoms with Crippen LogP contribution in [0.2, 0.25) is 0 Å². The number of benzene rings is 2. The number of aryl methyl sites for hydroxylation is 3. The summed E-state index contributed by atoms with van der Waals surface area (Å²) in [5.74, 6) is 1.06. The highest BCUT2D eigenvalue weighted by atomic mass is 16.5. The Labute approximate surface area is 209 Å². The lowest BCUT2D eigenvalue weighted by Gasteiger charge is -2.34. The van der Waals surface area contributed by atoms with Gasteiger partial charge in [0.25, 0.3) is 0 Å². The molecule has 5 rings (SSSR count). The van der Waals surface area contributed by atoms with E-state index in [4.69, 9.17) is 8.94 Å². The lowest BCUT2D eigenvalue weighted by molar-refractivity contribution is -0.133. The first-order valence-corrected chi connectivity index (χ1v) is 12.5. The Bertz CT molecular complexity index is 1360. The van der Waals surface area contributed by atoms with Gasteiger partial charge in [-0.15, -0.1) is 0 Å². The van der Waals surface area contributed by atoms with Crippen molar-refractivity contribution in [3.63, 3.8) is 0 Å². The highest BCUT2D eigenvalue weighted by Crippen LogP contribution is 2.17. The molecule has 3 heterocycles. The summed E-state index contributed by atoms with van der Waals surface area (Å²) in [6.07, 6.45) is 2.70. The van der Waals surface area contributed by atoms with Crippen LogP contribution in [0.25, 0.3) is 22.5 Å². The molecule has 0 saturated carbocycles. The zero-order valence-corrected chi connectivity index (χ0v) is 20.6. The molecule has 0 spiro atoms. The van der Waals surface area contributed by atoms with Crippen molar-refractivity contribution in [1.82, 2.24) is 24.5 Å². The maximum Gasteiger partial charge on any atom is 0.419 e. The van der Waals surface area contributed by atoms with E-state index < -0.39 is 0 Å². The van der Waals surface area contributed by atoms with Crippen LogP contribution in [0.1, 0.15) is 30.7 Å². The van der Waals surface area contributed by atoms with Crippen molar-refractivity contribution in [2.75, 3.05) is 32.7 Å². The van der Waals surface area contributed by atoms with Gasteiger partial charge in [0.2, 0.25) is 17.6 Å². The number of carbonyl (C=O) groups excluding carboxylic acids is 1. The van der Waals surface area contributed by atoms with Crippen molar-refractivity contribution in [2.45, 2.75) is 39.2 Å². The van der Waals surface area contributed by atoms with Crippen molar-refractivity contribution in [3.8, 4) is 11.4 Å². The van der Waals surface area contributed by atoms with Gasteiger partial charge in [-0.3, -0.25) is 14.3 Å². The van der Waals surface area contributed by atoms with Gasteiger partial charge in [0.15, 0.2) is 5.58 Å². The highest BCUT2D eigenvalue weighted by Gasteiger charge is 2.21. The molecular weight excluding hydrogens is 458 g/mol. The molecule has 9 heteroatoms. The molecule has 0 atom stereocenters. The Hall–Kier alpha value is -3.72. The molecule has 9 nitrogen and oxygen atoms in total. The number of aromatic nitrogens is 3. The third-order valence-corrected chi connectivity index (χ3v) is 6.71. The molecule has 36 heavy (non-hydrogen) atoms. The van der Waals surface area contributed by atoms with E-state index in [2.05, 4.69) is 22.0 Å². The lowest BCUT2D eigenvalue weighted by atomic mass is 10.1. The van der Waals surface area contributed by atoms with Crippen molar-refractivity contribution >= 4 is 17.0 Å². The van der Waals surface area contributed by atoms with E-state index in [1.165, 1.54) is 5.56 Å². The fourth-order valence-corrected chi connectivity index (χ4v) is 4.62. The molecule has 4 aromatic rings. The topological polar surface area (TPSA) is 97.6 Å². The molecule has 0 N–H and O–H groups in total. The molecule has 2 aromatic heterocycles. The van der Waals surface area contributed by atoms with E-state index >= 15 is 0 Å². The molecule has 1 saturated heterocycles. The van der Waals surface area contributed by atoms with Gasteiger partial charge in [-0.05, 0) is 38.4 Å². The van der Waals surface area contributed by atoms with Crippen molar-refractivity contribution in [3.05, 3.63) is 70.5 Å². The van der Waals surface area contributed by atoms with E-state index in [0.717, 1.165) is 56.6 Å². The third kappa shape index (κ3) is 5.57. The molecule has 0 unspecified atom stereocenters. The zero-order chi connectivity index (χ0) is 24.9. The molecule has 2 aromatic carbocycles. The number of fused-ring (bicyclic) bond motifs is 1. The second-order valence-electron chi connectivity index (χ2n) is 9.29. The average Bonchev–Trinajstić information content (AvgIpc) is 3.49. The second-order valence-corrected chi connectivity index (χ2v) is 9.29. The maximum absolute atomic E-state index is 12.7. The molecule has 1 amide bonds. The SMILES string of the molecule is Cc1ccc(-c2noc(CCCN3CCN(C(=O)CCCn4c(=O)oc5ccccc54)CC3)n2)cc1. The number of hydrogen-bond acceptors (Lipinski definition) is 7. The number of carbonyl (C=O) groups is 1. The van der Waals surface area contributed by atoms with Gasteiger partial charge in [0.05, 0.1) is 5.52 Å². The Morgan fingerprint density at radius 3 is 2.56 bits per heavy atom. The minimum absolute atomic E-state index is 0.144. The zero-order valence-electron chi connectivity index (χ0n) is 20.6. The molecule has 0 aliphatic carbocycles. The van der Waals surface area contributed by atoms with Crippen LogP contribution in [0.4, 0.5) is 0 Å². The molecule has 0 radical (unpaired) electrons. The summed E-state index contributed by atoms with van der Waals surface area (Å²) >= 11 is 0. The minimum Gasteiger partial charge on any atom is -0.408 e. The third-order valence-electron chi connectivity index (χ3n) is 6.71. The van der Waals surface area contributed by atoms with Gasteiger partial charge >= 0.3 is 5.76 Å². The summed E-state index contributed by atoms with van der Waals surface area (Å²) in [5, 5.41) is 4.10. The van der Waals surface area contributed by atoms with Gasteiger partial charge in [-0.25, -0.2) is 4.79 Å².